The van der Waals surface area contributed by atoms with Gasteiger partial charge in [-0.15, -0.1) is 0 Å². The van der Waals surface area contributed by atoms with Gasteiger partial charge in [-0.25, -0.2) is 13.1 Å². The summed E-state index contributed by atoms with van der Waals surface area (Å²) >= 11 is 0. The highest BCUT2D eigenvalue weighted by Gasteiger charge is 2.31. The summed E-state index contributed by atoms with van der Waals surface area (Å²) in [5.41, 5.74) is 0.655. The molecule has 0 aliphatic heterocycles. The van der Waals surface area contributed by atoms with Gasteiger partial charge in [-0.1, -0.05) is 25.1 Å². The van der Waals surface area contributed by atoms with Gasteiger partial charge < -0.3 is 14.6 Å². The number of ether oxygens (including phenoxy) is 2. The molecular formula is C20H24N2O7S. The van der Waals surface area contributed by atoms with Gasteiger partial charge in [0, 0.05) is 18.2 Å². The molecule has 1 heterocycles. The van der Waals surface area contributed by atoms with Crippen molar-refractivity contribution in [3.63, 3.8) is 0 Å². The van der Waals surface area contributed by atoms with Crippen molar-refractivity contribution in [2.24, 2.45) is 0 Å². The number of esters is 1. The van der Waals surface area contributed by atoms with Crippen LogP contribution in [0, 0.1) is 0 Å². The molecule has 9 nitrogen and oxygen atoms in total. The molecule has 0 saturated carbocycles. The Kier molecular flexibility index (Phi) is 8.31. The van der Waals surface area contributed by atoms with Gasteiger partial charge in [0.1, 0.15) is 17.6 Å². The maximum atomic E-state index is 12.8. The van der Waals surface area contributed by atoms with Crippen LogP contribution in [0.3, 0.4) is 0 Å². The second-order valence-corrected chi connectivity index (χ2v) is 8.03. The summed E-state index contributed by atoms with van der Waals surface area (Å²) in [6.07, 6.45) is 1.42. The number of carbonyl (C=O) groups is 2. The first kappa shape index (κ1) is 23.3. The van der Waals surface area contributed by atoms with Crippen LogP contribution in [0.1, 0.15) is 47.1 Å². The Bertz CT molecular complexity index is 975. The summed E-state index contributed by atoms with van der Waals surface area (Å²) in [6, 6.07) is 9.23. The Balaban J connectivity index is 2.15. The molecule has 10 heteroatoms. The predicted octanol–water partition coefficient (Wildman–Crippen LogP) is 1.73. The number of aliphatic hydroxyl groups excluding tert-OH is 1. The molecule has 0 bridgehead atoms. The number of pyridine rings is 1. The number of nitrogens with one attached hydrogen (secondary N) is 1. The third-order valence-corrected chi connectivity index (χ3v) is 5.72. The number of aromatic nitrogens is 1. The molecule has 1 amide bonds. The van der Waals surface area contributed by atoms with Gasteiger partial charge in [-0.3, -0.25) is 14.6 Å². The lowest BCUT2D eigenvalue weighted by Crippen LogP contribution is -2.36. The molecule has 1 aromatic heterocycles. The Morgan fingerprint density at radius 1 is 1.17 bits per heavy atom. The number of nitrogens with zero attached hydrogens (tertiary/aromatic N) is 1. The molecule has 1 aromatic carbocycles. The second-order valence-electron chi connectivity index (χ2n) is 6.17. The summed E-state index contributed by atoms with van der Waals surface area (Å²) < 4.78 is 37.8. The number of carbonyl (C=O) groups excluding carboxylic acids is 2. The van der Waals surface area contributed by atoms with Gasteiger partial charge in [0.15, 0.2) is 0 Å². The van der Waals surface area contributed by atoms with Crippen molar-refractivity contribution in [2.75, 3.05) is 13.2 Å². The fourth-order valence-corrected chi connectivity index (χ4v) is 3.80. The van der Waals surface area contributed by atoms with Crippen LogP contribution >= 0.6 is 0 Å². The summed E-state index contributed by atoms with van der Waals surface area (Å²) in [4.78, 5) is 27.6. The second kappa shape index (κ2) is 10.7. The normalized spacial score (nSPS) is 12.1. The van der Waals surface area contributed by atoms with Gasteiger partial charge >= 0.3 is 5.97 Å². The predicted molar refractivity (Wildman–Crippen MR) is 108 cm³/mol. The summed E-state index contributed by atoms with van der Waals surface area (Å²) in [7, 11) is -4.28. The number of benzene rings is 1. The number of para-hydroxylation sites is 1. The van der Waals surface area contributed by atoms with E-state index >= 15 is 0 Å². The van der Waals surface area contributed by atoms with Crippen molar-refractivity contribution in [3.05, 3.63) is 59.4 Å². The Hall–Kier alpha value is -2.98. The van der Waals surface area contributed by atoms with Crippen LogP contribution < -0.4 is 9.46 Å². The zero-order chi connectivity index (χ0) is 22.1. The van der Waals surface area contributed by atoms with Crippen LogP contribution in [-0.2, 0) is 26.2 Å². The molecular weight excluding hydrogens is 412 g/mol. The zero-order valence-corrected chi connectivity index (χ0v) is 17.5. The molecule has 2 rings (SSSR count). The molecule has 0 radical (unpaired) electrons. The number of hydrogen-bond donors (Lipinski definition) is 2. The van der Waals surface area contributed by atoms with E-state index in [1.165, 1.54) is 24.4 Å². The minimum Gasteiger partial charge on any atom is -0.494 e. The maximum absolute atomic E-state index is 12.8. The van der Waals surface area contributed by atoms with Crippen molar-refractivity contribution < 1.29 is 32.6 Å². The smallest absolute Gasteiger partial charge is 0.305 e. The van der Waals surface area contributed by atoms with E-state index < -0.39 is 27.8 Å². The SMILES string of the molecule is CCOc1ccccc1C(CO)S(=O)(=O)NC(=O)c1ccc(COC(=O)CC)nc1. The standard InChI is InChI=1S/C20H24N2O7S/c1-3-19(24)29-13-15-10-9-14(11-21-15)20(25)22-30(26,27)18(12-23)16-7-5-6-8-17(16)28-4-2/h5-11,18,23H,3-4,12-13H2,1-2H3,(H,22,25). The zero-order valence-electron chi connectivity index (χ0n) is 16.7. The largest absolute Gasteiger partial charge is 0.494 e. The van der Waals surface area contributed by atoms with Crippen molar-refractivity contribution in [2.45, 2.75) is 32.1 Å². The van der Waals surface area contributed by atoms with E-state index in [1.54, 1.807) is 32.0 Å². The number of sulfonamides is 1. The molecule has 0 saturated heterocycles. The van der Waals surface area contributed by atoms with Crippen molar-refractivity contribution in [1.29, 1.82) is 0 Å². The molecule has 2 aromatic rings. The highest BCUT2D eigenvalue weighted by Crippen LogP contribution is 2.30. The maximum Gasteiger partial charge on any atom is 0.305 e. The molecule has 30 heavy (non-hydrogen) atoms. The van der Waals surface area contributed by atoms with Crippen LogP contribution in [0.5, 0.6) is 5.75 Å². The van der Waals surface area contributed by atoms with E-state index in [-0.39, 0.29) is 30.1 Å². The van der Waals surface area contributed by atoms with Crippen LogP contribution in [0.15, 0.2) is 42.6 Å². The number of amides is 1. The Morgan fingerprint density at radius 3 is 2.50 bits per heavy atom. The lowest BCUT2D eigenvalue weighted by atomic mass is 10.1. The number of aliphatic hydroxyl groups is 1. The molecule has 0 fully saturated rings. The first-order valence-electron chi connectivity index (χ1n) is 9.31. The quantitative estimate of drug-likeness (QED) is 0.538. The lowest BCUT2D eigenvalue weighted by Gasteiger charge is -2.19. The minimum absolute atomic E-state index is 0.000994. The molecule has 2 N–H and O–H groups in total. The average Bonchev–Trinajstić information content (AvgIpc) is 2.73. The molecule has 0 spiro atoms. The summed E-state index contributed by atoms with van der Waals surface area (Å²) in [5.74, 6) is -0.969. The van der Waals surface area contributed by atoms with Gasteiger partial charge in [-0.05, 0) is 25.1 Å². The van der Waals surface area contributed by atoms with Crippen molar-refractivity contribution in [1.82, 2.24) is 9.71 Å². The highest BCUT2D eigenvalue weighted by atomic mass is 32.2. The van der Waals surface area contributed by atoms with E-state index in [2.05, 4.69) is 4.98 Å². The molecule has 0 aliphatic carbocycles. The fourth-order valence-electron chi connectivity index (χ4n) is 2.56. The molecule has 0 aliphatic rings. The van der Waals surface area contributed by atoms with Crippen LogP contribution in [0.4, 0.5) is 0 Å². The van der Waals surface area contributed by atoms with E-state index in [0.717, 1.165) is 0 Å². The number of rotatable bonds is 10. The van der Waals surface area contributed by atoms with E-state index in [1.807, 2.05) is 4.72 Å². The van der Waals surface area contributed by atoms with Crippen LogP contribution in [0.25, 0.3) is 0 Å². The first-order valence-corrected chi connectivity index (χ1v) is 10.9. The van der Waals surface area contributed by atoms with Crippen molar-refractivity contribution in [3.8, 4) is 5.75 Å². The first-order chi connectivity index (χ1) is 14.3. The molecule has 1 atom stereocenters. The third kappa shape index (κ3) is 6.01. The van der Waals surface area contributed by atoms with E-state index in [0.29, 0.717) is 18.1 Å². The average molecular weight is 436 g/mol. The topological polar surface area (TPSA) is 132 Å². The summed E-state index contributed by atoms with van der Waals surface area (Å²) in [5, 5.41) is 8.31. The van der Waals surface area contributed by atoms with E-state index in [4.69, 9.17) is 9.47 Å². The van der Waals surface area contributed by atoms with Crippen molar-refractivity contribution >= 4 is 21.9 Å². The monoisotopic (exact) mass is 436 g/mol. The third-order valence-electron chi connectivity index (χ3n) is 4.10. The Labute approximate surface area is 175 Å². The highest BCUT2D eigenvalue weighted by molar-refractivity contribution is 7.90. The fraction of sp³-hybridized carbons (Fsp3) is 0.350. The lowest BCUT2D eigenvalue weighted by molar-refractivity contribution is -0.144. The summed E-state index contributed by atoms with van der Waals surface area (Å²) in [6.45, 7) is 2.93. The van der Waals surface area contributed by atoms with Gasteiger partial charge in [0.2, 0.25) is 10.0 Å². The molecule has 162 valence electrons. The van der Waals surface area contributed by atoms with Gasteiger partial charge in [-0.2, -0.15) is 0 Å². The Morgan fingerprint density at radius 2 is 1.90 bits per heavy atom. The van der Waals surface area contributed by atoms with Crippen LogP contribution in [0.2, 0.25) is 0 Å². The van der Waals surface area contributed by atoms with Gasteiger partial charge in [0.05, 0.1) is 24.5 Å². The van der Waals surface area contributed by atoms with E-state index in [9.17, 15) is 23.1 Å². The van der Waals surface area contributed by atoms with Gasteiger partial charge in [0.25, 0.3) is 5.91 Å². The molecule has 1 unspecified atom stereocenters. The number of hydrogen-bond acceptors (Lipinski definition) is 8. The minimum atomic E-state index is -4.28. The van der Waals surface area contributed by atoms with Crippen LogP contribution in [-0.4, -0.2) is 43.6 Å².